The van der Waals surface area contributed by atoms with Gasteiger partial charge in [-0.15, -0.1) is 0 Å². The van der Waals surface area contributed by atoms with Crippen LogP contribution in [0.3, 0.4) is 0 Å². The van der Waals surface area contributed by atoms with E-state index >= 15 is 0 Å². The highest BCUT2D eigenvalue weighted by atomic mass is 35.5. The SMILES string of the molecule is Cc1ccc(Oc2nc3cc(Cl)c(N4CCCCC4)nc3n2COCC[Si](C)(C)C)cc1C(=O)OC(C)(C)C. The van der Waals surface area contributed by atoms with Crippen LogP contribution in [0.4, 0.5) is 5.82 Å². The molecule has 4 rings (SSSR count). The van der Waals surface area contributed by atoms with E-state index < -0.39 is 19.6 Å². The Labute approximate surface area is 237 Å². The number of carbonyl (C=O) groups excluding carboxylic acids is 1. The number of hydrogen-bond acceptors (Lipinski definition) is 7. The average Bonchev–Trinajstić information content (AvgIpc) is 3.16. The Hall–Kier alpha value is -2.62. The highest BCUT2D eigenvalue weighted by Crippen LogP contribution is 2.33. The van der Waals surface area contributed by atoms with Crippen molar-refractivity contribution in [1.82, 2.24) is 14.5 Å². The summed E-state index contributed by atoms with van der Waals surface area (Å²) < 4.78 is 19.8. The summed E-state index contributed by atoms with van der Waals surface area (Å²) in [4.78, 5) is 24.8. The summed E-state index contributed by atoms with van der Waals surface area (Å²) in [5.41, 5.74) is 1.94. The van der Waals surface area contributed by atoms with Gasteiger partial charge in [0.05, 0.1) is 10.6 Å². The standard InChI is InChI=1S/C29H41ClN4O4Si/c1-20-11-12-21(17-22(20)27(35)38-29(2,3)4)37-28-31-24-18-23(30)25(33-13-9-8-10-14-33)32-26(24)34(28)19-36-15-16-39(5,6)7/h11-12,17-18H,8-10,13-16,19H2,1-7H3. The molecule has 1 saturated heterocycles. The fourth-order valence-corrected chi connectivity index (χ4v) is 5.40. The number of benzene rings is 1. The number of imidazole rings is 1. The molecule has 3 heterocycles. The van der Waals surface area contributed by atoms with Gasteiger partial charge in [0.1, 0.15) is 29.4 Å². The van der Waals surface area contributed by atoms with Crippen LogP contribution in [0.1, 0.15) is 56.0 Å². The molecule has 3 aromatic rings. The lowest BCUT2D eigenvalue weighted by Gasteiger charge is -2.28. The number of anilines is 1. The van der Waals surface area contributed by atoms with E-state index in [2.05, 4.69) is 24.5 Å². The van der Waals surface area contributed by atoms with Gasteiger partial charge in [0.2, 0.25) is 0 Å². The molecule has 8 nitrogen and oxygen atoms in total. The van der Waals surface area contributed by atoms with E-state index in [0.717, 1.165) is 43.4 Å². The minimum atomic E-state index is -1.25. The zero-order valence-electron chi connectivity index (χ0n) is 24.3. The largest absolute Gasteiger partial charge is 0.456 e. The van der Waals surface area contributed by atoms with Crippen LogP contribution in [0, 0.1) is 6.92 Å². The second-order valence-electron chi connectivity index (χ2n) is 12.4. The zero-order chi connectivity index (χ0) is 28.4. The fourth-order valence-electron chi connectivity index (χ4n) is 4.37. The van der Waals surface area contributed by atoms with E-state index in [0.29, 0.717) is 40.1 Å². The Balaban J connectivity index is 1.68. The molecule has 0 aliphatic carbocycles. The maximum atomic E-state index is 12.8. The van der Waals surface area contributed by atoms with Gasteiger partial charge in [-0.05, 0) is 76.8 Å². The first-order chi connectivity index (χ1) is 18.3. The minimum Gasteiger partial charge on any atom is -0.456 e. The first kappa shape index (κ1) is 29.4. The van der Waals surface area contributed by atoms with Crippen LogP contribution in [-0.4, -0.2) is 53.9 Å². The number of hydrogen-bond donors (Lipinski definition) is 0. The fraction of sp³-hybridized carbons (Fsp3) is 0.552. The van der Waals surface area contributed by atoms with E-state index in [4.69, 9.17) is 35.8 Å². The number of fused-ring (bicyclic) bond motifs is 1. The van der Waals surface area contributed by atoms with Gasteiger partial charge in [0.15, 0.2) is 5.65 Å². The molecule has 1 aliphatic rings. The molecule has 0 radical (unpaired) electrons. The Morgan fingerprint density at radius 2 is 1.79 bits per heavy atom. The van der Waals surface area contributed by atoms with E-state index in [1.807, 2.05) is 50.5 Å². The number of aromatic nitrogens is 3. The molecular weight excluding hydrogens is 532 g/mol. The number of esters is 1. The molecule has 212 valence electrons. The highest BCUT2D eigenvalue weighted by molar-refractivity contribution is 6.76. The topological polar surface area (TPSA) is 78.7 Å². The summed E-state index contributed by atoms with van der Waals surface area (Å²) in [5.74, 6) is 0.844. The lowest BCUT2D eigenvalue weighted by molar-refractivity contribution is 0.00683. The van der Waals surface area contributed by atoms with E-state index in [1.54, 1.807) is 6.07 Å². The molecule has 0 bridgehead atoms. The van der Waals surface area contributed by atoms with Crippen molar-refractivity contribution in [1.29, 1.82) is 0 Å². The lowest BCUT2D eigenvalue weighted by Crippen LogP contribution is -2.30. The van der Waals surface area contributed by atoms with Crippen LogP contribution < -0.4 is 9.64 Å². The van der Waals surface area contributed by atoms with Crippen molar-refractivity contribution >= 4 is 42.6 Å². The third-order valence-corrected chi connectivity index (χ3v) is 8.51. The molecule has 39 heavy (non-hydrogen) atoms. The second-order valence-corrected chi connectivity index (χ2v) is 18.5. The van der Waals surface area contributed by atoms with E-state index in [-0.39, 0.29) is 6.73 Å². The first-order valence-electron chi connectivity index (χ1n) is 13.7. The van der Waals surface area contributed by atoms with Gasteiger partial charge in [-0.3, -0.25) is 4.57 Å². The molecule has 1 fully saturated rings. The third kappa shape index (κ3) is 7.74. The van der Waals surface area contributed by atoms with Gasteiger partial charge >= 0.3 is 12.0 Å². The normalized spacial score (nSPS) is 14.6. The summed E-state index contributed by atoms with van der Waals surface area (Å²) in [7, 11) is -1.25. The molecule has 1 aliphatic heterocycles. The smallest absolute Gasteiger partial charge is 0.339 e. The highest BCUT2D eigenvalue weighted by Gasteiger charge is 2.23. The molecule has 0 amide bonds. The first-order valence-corrected chi connectivity index (χ1v) is 17.8. The predicted molar refractivity (Wildman–Crippen MR) is 159 cm³/mol. The monoisotopic (exact) mass is 572 g/mol. The lowest BCUT2D eigenvalue weighted by atomic mass is 10.1. The predicted octanol–water partition coefficient (Wildman–Crippen LogP) is 7.44. The average molecular weight is 573 g/mol. The molecular formula is C29H41ClN4O4Si. The number of ether oxygens (including phenoxy) is 3. The van der Waals surface area contributed by atoms with Gasteiger partial charge in [-0.2, -0.15) is 4.98 Å². The summed E-state index contributed by atoms with van der Waals surface area (Å²) in [6, 6.07) is 8.58. The van der Waals surface area contributed by atoms with Crippen LogP contribution >= 0.6 is 11.6 Å². The van der Waals surface area contributed by atoms with E-state index in [9.17, 15) is 4.79 Å². The Morgan fingerprint density at radius 3 is 2.46 bits per heavy atom. The molecule has 0 atom stereocenters. The second kappa shape index (κ2) is 11.9. The summed E-state index contributed by atoms with van der Waals surface area (Å²) in [6.07, 6.45) is 3.47. The van der Waals surface area contributed by atoms with Crippen LogP contribution in [0.25, 0.3) is 11.2 Å². The molecule has 2 aromatic heterocycles. The Bertz CT molecular complexity index is 1320. The van der Waals surface area contributed by atoms with Gasteiger partial charge in [-0.1, -0.05) is 37.3 Å². The van der Waals surface area contributed by atoms with Crippen molar-refractivity contribution in [2.75, 3.05) is 24.6 Å². The quantitative estimate of drug-likeness (QED) is 0.150. The molecule has 10 heteroatoms. The Kier molecular flexibility index (Phi) is 8.93. The number of rotatable bonds is 9. The van der Waals surface area contributed by atoms with Crippen molar-refractivity contribution in [2.45, 2.75) is 85.0 Å². The van der Waals surface area contributed by atoms with Crippen molar-refractivity contribution in [3.8, 4) is 11.8 Å². The number of halogens is 1. The summed E-state index contributed by atoms with van der Waals surface area (Å²) in [6.45, 7) is 17.1. The summed E-state index contributed by atoms with van der Waals surface area (Å²) in [5, 5.41) is 0.572. The molecule has 0 unspecified atom stereocenters. The minimum absolute atomic E-state index is 0.245. The summed E-state index contributed by atoms with van der Waals surface area (Å²) >= 11 is 6.69. The number of nitrogens with zero attached hydrogens (tertiary/aromatic N) is 4. The van der Waals surface area contributed by atoms with Gasteiger partial charge < -0.3 is 19.1 Å². The molecule has 0 N–H and O–H groups in total. The van der Waals surface area contributed by atoms with Crippen LogP contribution in [0.15, 0.2) is 24.3 Å². The maximum absolute atomic E-state index is 12.8. The number of aryl methyl sites for hydroxylation is 1. The van der Waals surface area contributed by atoms with Crippen molar-refractivity contribution in [2.24, 2.45) is 0 Å². The maximum Gasteiger partial charge on any atom is 0.339 e. The van der Waals surface area contributed by atoms with Gasteiger partial charge in [-0.25, -0.2) is 9.78 Å². The molecule has 1 aromatic carbocycles. The van der Waals surface area contributed by atoms with Crippen LogP contribution in [0.5, 0.6) is 11.8 Å². The molecule has 0 spiro atoms. The van der Waals surface area contributed by atoms with E-state index in [1.165, 1.54) is 6.42 Å². The van der Waals surface area contributed by atoms with Gasteiger partial charge in [0, 0.05) is 27.8 Å². The Morgan fingerprint density at radius 1 is 1.08 bits per heavy atom. The number of pyridine rings is 1. The van der Waals surface area contributed by atoms with Crippen molar-refractivity contribution in [3.05, 3.63) is 40.4 Å². The zero-order valence-corrected chi connectivity index (χ0v) is 26.0. The van der Waals surface area contributed by atoms with Crippen LogP contribution in [-0.2, 0) is 16.2 Å². The third-order valence-electron chi connectivity index (χ3n) is 6.53. The molecule has 0 saturated carbocycles. The van der Waals surface area contributed by atoms with Crippen molar-refractivity contribution in [3.63, 3.8) is 0 Å². The van der Waals surface area contributed by atoms with Gasteiger partial charge in [0.25, 0.3) is 0 Å². The van der Waals surface area contributed by atoms with Crippen LogP contribution in [0.2, 0.25) is 30.7 Å². The number of piperidine rings is 1. The number of carbonyl (C=O) groups is 1. The van der Waals surface area contributed by atoms with Crippen molar-refractivity contribution < 1.29 is 19.0 Å².